The summed E-state index contributed by atoms with van der Waals surface area (Å²) in [4.78, 5) is 2.55. The fourth-order valence-electron chi connectivity index (χ4n) is 3.31. The van der Waals surface area contributed by atoms with Gasteiger partial charge in [-0.3, -0.25) is 0 Å². The van der Waals surface area contributed by atoms with Crippen molar-refractivity contribution in [1.29, 1.82) is 0 Å². The second-order valence-electron chi connectivity index (χ2n) is 5.61. The van der Waals surface area contributed by atoms with E-state index in [2.05, 4.69) is 22.3 Å². The summed E-state index contributed by atoms with van der Waals surface area (Å²) in [6.45, 7) is 4.74. The van der Waals surface area contributed by atoms with Crippen LogP contribution in [0.4, 0.5) is 11.4 Å². The first-order chi connectivity index (χ1) is 8.84. The second kappa shape index (κ2) is 5.19. The highest BCUT2D eigenvalue weighted by Crippen LogP contribution is 2.32. The maximum absolute atomic E-state index is 6.10. The summed E-state index contributed by atoms with van der Waals surface area (Å²) in [7, 11) is 0. The van der Waals surface area contributed by atoms with Crippen molar-refractivity contribution in [3.63, 3.8) is 0 Å². The number of fused-ring (bicyclic) bond motifs is 1. The van der Waals surface area contributed by atoms with E-state index in [-0.39, 0.29) is 0 Å². The van der Waals surface area contributed by atoms with E-state index in [1.165, 1.54) is 56.7 Å². The third-order valence-electron chi connectivity index (χ3n) is 4.26. The molecule has 98 valence electrons. The number of hydrogen-bond acceptors (Lipinski definition) is 3. The Bertz CT molecular complexity index is 410. The van der Waals surface area contributed by atoms with Gasteiger partial charge in [-0.25, -0.2) is 0 Å². The van der Waals surface area contributed by atoms with Crippen LogP contribution in [0.25, 0.3) is 0 Å². The topological polar surface area (TPSA) is 41.3 Å². The fourth-order valence-corrected chi connectivity index (χ4v) is 3.31. The van der Waals surface area contributed by atoms with E-state index < -0.39 is 0 Å². The normalized spacial score (nSPS) is 23.8. The number of nitrogen functional groups attached to an aromatic ring is 1. The molecule has 0 radical (unpaired) electrons. The summed E-state index contributed by atoms with van der Waals surface area (Å²) >= 11 is 0. The minimum absolute atomic E-state index is 0.797. The molecule has 0 spiro atoms. The molecule has 0 saturated carbocycles. The number of rotatable bonds is 2. The van der Waals surface area contributed by atoms with Gasteiger partial charge in [-0.05, 0) is 62.4 Å². The van der Waals surface area contributed by atoms with Gasteiger partial charge >= 0.3 is 0 Å². The molecule has 0 bridgehead atoms. The zero-order valence-electron chi connectivity index (χ0n) is 11.0. The first kappa shape index (κ1) is 11.8. The Morgan fingerprint density at radius 1 is 1.33 bits per heavy atom. The van der Waals surface area contributed by atoms with Crippen molar-refractivity contribution in [1.82, 2.24) is 5.32 Å². The van der Waals surface area contributed by atoms with Gasteiger partial charge in [0.2, 0.25) is 0 Å². The standard InChI is InChI=1S/C15H23N3/c16-14-6-1-7-15-13(14)5-3-9-18(15)11-12-4-2-8-17-10-12/h1,6-7,12,17H,2-5,8-11,16H2. The van der Waals surface area contributed by atoms with Gasteiger partial charge in [-0.2, -0.15) is 0 Å². The van der Waals surface area contributed by atoms with Crippen LogP contribution in [0.15, 0.2) is 18.2 Å². The first-order valence-electron chi connectivity index (χ1n) is 7.17. The Balaban J connectivity index is 1.76. The lowest BCUT2D eigenvalue weighted by Gasteiger charge is -2.36. The van der Waals surface area contributed by atoms with Crippen molar-refractivity contribution in [3.05, 3.63) is 23.8 Å². The number of nitrogens with one attached hydrogen (secondary N) is 1. The molecule has 3 N–H and O–H groups in total. The van der Waals surface area contributed by atoms with Crippen LogP contribution in [0.2, 0.25) is 0 Å². The quantitative estimate of drug-likeness (QED) is 0.783. The van der Waals surface area contributed by atoms with Crippen molar-refractivity contribution in [2.24, 2.45) is 5.92 Å². The number of nitrogens with zero attached hydrogens (tertiary/aromatic N) is 1. The molecule has 1 aromatic rings. The fraction of sp³-hybridized carbons (Fsp3) is 0.600. The average Bonchev–Trinajstić information content (AvgIpc) is 2.41. The van der Waals surface area contributed by atoms with Crippen LogP contribution in [0, 0.1) is 5.92 Å². The molecule has 0 aromatic heterocycles. The number of nitrogens with two attached hydrogens (primary N) is 1. The van der Waals surface area contributed by atoms with Gasteiger partial charge in [-0.1, -0.05) is 6.07 Å². The Hall–Kier alpha value is -1.22. The van der Waals surface area contributed by atoms with E-state index >= 15 is 0 Å². The second-order valence-corrected chi connectivity index (χ2v) is 5.61. The van der Waals surface area contributed by atoms with Crippen LogP contribution in [0.1, 0.15) is 24.8 Å². The van der Waals surface area contributed by atoms with E-state index in [1.807, 2.05) is 6.07 Å². The molecule has 2 heterocycles. The zero-order chi connectivity index (χ0) is 12.4. The third kappa shape index (κ3) is 2.32. The summed E-state index contributed by atoms with van der Waals surface area (Å²) < 4.78 is 0. The molecule has 2 aliphatic heterocycles. The molecule has 3 rings (SSSR count). The summed E-state index contributed by atoms with van der Waals surface area (Å²) in [5, 5.41) is 3.51. The van der Waals surface area contributed by atoms with Gasteiger partial charge in [0.25, 0.3) is 0 Å². The van der Waals surface area contributed by atoms with Gasteiger partial charge < -0.3 is 16.0 Å². The molecule has 1 unspecified atom stereocenters. The van der Waals surface area contributed by atoms with Crippen molar-refractivity contribution in [2.45, 2.75) is 25.7 Å². The smallest absolute Gasteiger partial charge is 0.0419 e. The molecule has 3 nitrogen and oxygen atoms in total. The van der Waals surface area contributed by atoms with Crippen molar-refractivity contribution < 1.29 is 0 Å². The van der Waals surface area contributed by atoms with Crippen LogP contribution in [-0.4, -0.2) is 26.2 Å². The van der Waals surface area contributed by atoms with Crippen molar-refractivity contribution in [3.8, 4) is 0 Å². The van der Waals surface area contributed by atoms with E-state index in [1.54, 1.807) is 0 Å². The lowest BCUT2D eigenvalue weighted by molar-refractivity contribution is 0.374. The molecule has 1 fully saturated rings. The molecule has 0 aliphatic carbocycles. The minimum atomic E-state index is 0.797. The van der Waals surface area contributed by atoms with Gasteiger partial charge in [0.1, 0.15) is 0 Å². The van der Waals surface area contributed by atoms with Gasteiger partial charge in [0.15, 0.2) is 0 Å². The van der Waals surface area contributed by atoms with Crippen molar-refractivity contribution in [2.75, 3.05) is 36.8 Å². The summed E-state index contributed by atoms with van der Waals surface area (Å²) in [5.41, 5.74) is 9.82. The SMILES string of the molecule is Nc1cccc2c1CCCN2CC1CCCNC1. The zero-order valence-corrected chi connectivity index (χ0v) is 11.0. The van der Waals surface area contributed by atoms with Crippen LogP contribution >= 0.6 is 0 Å². The summed E-state index contributed by atoms with van der Waals surface area (Å²) in [6.07, 6.45) is 5.06. The van der Waals surface area contributed by atoms with Crippen LogP contribution in [0.5, 0.6) is 0 Å². The number of anilines is 2. The van der Waals surface area contributed by atoms with Gasteiger partial charge in [0.05, 0.1) is 0 Å². The van der Waals surface area contributed by atoms with E-state index in [9.17, 15) is 0 Å². The first-order valence-corrected chi connectivity index (χ1v) is 7.17. The van der Waals surface area contributed by atoms with E-state index in [0.29, 0.717) is 0 Å². The molecular weight excluding hydrogens is 222 g/mol. The highest BCUT2D eigenvalue weighted by atomic mass is 15.1. The predicted molar refractivity (Wildman–Crippen MR) is 77.0 cm³/mol. The molecule has 1 aromatic carbocycles. The monoisotopic (exact) mass is 245 g/mol. The Morgan fingerprint density at radius 2 is 2.28 bits per heavy atom. The Morgan fingerprint density at radius 3 is 3.11 bits per heavy atom. The maximum atomic E-state index is 6.10. The van der Waals surface area contributed by atoms with Gasteiger partial charge in [0, 0.05) is 24.5 Å². The molecule has 0 amide bonds. The number of piperidine rings is 1. The Labute approximate surface area is 109 Å². The molecule has 1 atom stereocenters. The maximum Gasteiger partial charge on any atom is 0.0419 e. The largest absolute Gasteiger partial charge is 0.398 e. The highest BCUT2D eigenvalue weighted by molar-refractivity contribution is 5.66. The lowest BCUT2D eigenvalue weighted by atomic mass is 9.95. The summed E-state index contributed by atoms with van der Waals surface area (Å²) in [5.74, 6) is 0.797. The Kier molecular flexibility index (Phi) is 3.41. The van der Waals surface area contributed by atoms with Crippen LogP contribution < -0.4 is 16.0 Å². The minimum Gasteiger partial charge on any atom is -0.398 e. The predicted octanol–water partition coefficient (Wildman–Crippen LogP) is 2.02. The molecule has 2 aliphatic rings. The molecule has 18 heavy (non-hydrogen) atoms. The molecule has 1 saturated heterocycles. The van der Waals surface area contributed by atoms with E-state index in [0.717, 1.165) is 18.0 Å². The number of hydrogen-bond donors (Lipinski definition) is 2. The van der Waals surface area contributed by atoms with Gasteiger partial charge in [-0.15, -0.1) is 0 Å². The summed E-state index contributed by atoms with van der Waals surface area (Å²) in [6, 6.07) is 6.36. The third-order valence-corrected chi connectivity index (χ3v) is 4.26. The molecular formula is C15H23N3. The molecule has 3 heteroatoms. The van der Waals surface area contributed by atoms with Crippen LogP contribution in [-0.2, 0) is 6.42 Å². The number of benzene rings is 1. The highest BCUT2D eigenvalue weighted by Gasteiger charge is 2.22. The van der Waals surface area contributed by atoms with Crippen molar-refractivity contribution >= 4 is 11.4 Å². The average molecular weight is 245 g/mol. The van der Waals surface area contributed by atoms with E-state index in [4.69, 9.17) is 5.73 Å². The lowest BCUT2D eigenvalue weighted by Crippen LogP contribution is -2.40. The van der Waals surface area contributed by atoms with Crippen LogP contribution in [0.3, 0.4) is 0 Å².